The lowest BCUT2D eigenvalue weighted by Gasteiger charge is -2.05. The van der Waals surface area contributed by atoms with E-state index in [-0.39, 0.29) is 5.91 Å². The molecule has 0 atom stereocenters. The van der Waals surface area contributed by atoms with Gasteiger partial charge in [-0.1, -0.05) is 76.5 Å². The molecule has 0 saturated carbocycles. The summed E-state index contributed by atoms with van der Waals surface area (Å²) in [6, 6.07) is 17.1. The second-order valence-electron chi connectivity index (χ2n) is 7.21. The summed E-state index contributed by atoms with van der Waals surface area (Å²) in [7, 11) is 0. The molecule has 0 saturated heterocycles. The Morgan fingerprint density at radius 3 is 1.86 bits per heavy atom. The first-order valence-electron chi connectivity index (χ1n) is 10.6. The molecule has 0 heterocycles. The zero-order valence-corrected chi connectivity index (χ0v) is 17.1. The molecule has 2 aromatic rings. The molecule has 28 heavy (non-hydrogen) atoms. The Labute approximate surface area is 169 Å². The van der Waals surface area contributed by atoms with Crippen LogP contribution in [0.25, 0.3) is 0 Å². The standard InChI is InChI=1S/C24H33N3O/c1-2-3-4-5-6-7-8-9-13-16-24(28)25-21-17-19-23(20-18-21)27-26-22-14-11-10-12-15-22/h10-12,14-15,17-20H,2-9,13,16H2,1H3,(H,25,28). The second-order valence-corrected chi connectivity index (χ2v) is 7.21. The summed E-state index contributed by atoms with van der Waals surface area (Å²) in [5, 5.41) is 11.4. The average Bonchev–Trinajstić information content (AvgIpc) is 2.73. The van der Waals surface area contributed by atoms with Crippen LogP contribution in [-0.4, -0.2) is 5.91 Å². The molecule has 0 aliphatic rings. The van der Waals surface area contributed by atoms with Crippen LogP contribution in [0.1, 0.15) is 71.1 Å². The van der Waals surface area contributed by atoms with E-state index in [1.807, 2.05) is 54.6 Å². The Hall–Kier alpha value is -2.49. The van der Waals surface area contributed by atoms with E-state index in [4.69, 9.17) is 0 Å². The summed E-state index contributed by atoms with van der Waals surface area (Å²) < 4.78 is 0. The fraction of sp³-hybridized carbons (Fsp3) is 0.458. The predicted octanol–water partition coefficient (Wildman–Crippen LogP) is 7.96. The second kappa shape index (κ2) is 13.6. The molecule has 4 nitrogen and oxygen atoms in total. The first kappa shape index (κ1) is 21.8. The number of benzene rings is 2. The Morgan fingerprint density at radius 2 is 1.25 bits per heavy atom. The van der Waals surface area contributed by atoms with Crippen molar-refractivity contribution in [3.05, 3.63) is 54.6 Å². The number of nitrogens with zero attached hydrogens (tertiary/aromatic N) is 2. The third-order valence-corrected chi connectivity index (χ3v) is 4.70. The van der Waals surface area contributed by atoms with Crippen molar-refractivity contribution < 1.29 is 4.79 Å². The van der Waals surface area contributed by atoms with Crippen molar-refractivity contribution in [3.8, 4) is 0 Å². The molecule has 4 heteroatoms. The zero-order valence-electron chi connectivity index (χ0n) is 17.1. The van der Waals surface area contributed by atoms with Gasteiger partial charge in [-0.05, 0) is 42.8 Å². The Morgan fingerprint density at radius 1 is 0.714 bits per heavy atom. The van der Waals surface area contributed by atoms with E-state index in [1.165, 1.54) is 44.9 Å². The summed E-state index contributed by atoms with van der Waals surface area (Å²) in [6.07, 6.45) is 11.9. The smallest absolute Gasteiger partial charge is 0.224 e. The average molecular weight is 380 g/mol. The minimum Gasteiger partial charge on any atom is -0.326 e. The number of unbranched alkanes of at least 4 members (excludes halogenated alkanes) is 8. The topological polar surface area (TPSA) is 53.8 Å². The number of amides is 1. The van der Waals surface area contributed by atoms with Gasteiger partial charge in [0.15, 0.2) is 0 Å². The summed E-state index contributed by atoms with van der Waals surface area (Å²) in [6.45, 7) is 2.25. The van der Waals surface area contributed by atoms with E-state index in [0.29, 0.717) is 6.42 Å². The molecule has 150 valence electrons. The molecule has 0 bridgehead atoms. The molecular formula is C24H33N3O. The maximum absolute atomic E-state index is 12.1. The predicted molar refractivity (Wildman–Crippen MR) is 118 cm³/mol. The lowest BCUT2D eigenvalue weighted by Crippen LogP contribution is -2.10. The van der Waals surface area contributed by atoms with Gasteiger partial charge in [-0.15, -0.1) is 0 Å². The van der Waals surface area contributed by atoms with Crippen molar-refractivity contribution in [2.45, 2.75) is 71.1 Å². The van der Waals surface area contributed by atoms with Crippen LogP contribution in [0.4, 0.5) is 17.1 Å². The van der Waals surface area contributed by atoms with Crippen LogP contribution in [0, 0.1) is 0 Å². The van der Waals surface area contributed by atoms with Gasteiger partial charge in [0.25, 0.3) is 0 Å². The van der Waals surface area contributed by atoms with E-state index in [1.54, 1.807) is 0 Å². The lowest BCUT2D eigenvalue weighted by atomic mass is 10.1. The number of anilines is 1. The number of carbonyl (C=O) groups is 1. The number of hydrogen-bond donors (Lipinski definition) is 1. The Kier molecular flexibility index (Phi) is 10.6. The van der Waals surface area contributed by atoms with Gasteiger partial charge in [-0.2, -0.15) is 10.2 Å². The minimum atomic E-state index is 0.0848. The highest BCUT2D eigenvalue weighted by Crippen LogP contribution is 2.20. The van der Waals surface area contributed by atoms with Crippen molar-refractivity contribution in [3.63, 3.8) is 0 Å². The molecule has 0 radical (unpaired) electrons. The quantitative estimate of drug-likeness (QED) is 0.278. The Bertz CT molecular complexity index is 696. The van der Waals surface area contributed by atoms with Crippen LogP contribution >= 0.6 is 0 Å². The van der Waals surface area contributed by atoms with Gasteiger partial charge < -0.3 is 5.32 Å². The van der Waals surface area contributed by atoms with Crippen LogP contribution in [0.15, 0.2) is 64.8 Å². The number of carbonyl (C=O) groups excluding carboxylic acids is 1. The van der Waals surface area contributed by atoms with Crippen molar-refractivity contribution in [2.24, 2.45) is 10.2 Å². The maximum Gasteiger partial charge on any atom is 0.224 e. The molecule has 0 fully saturated rings. The van der Waals surface area contributed by atoms with Gasteiger partial charge in [-0.3, -0.25) is 4.79 Å². The molecule has 0 spiro atoms. The monoisotopic (exact) mass is 379 g/mol. The fourth-order valence-electron chi connectivity index (χ4n) is 3.04. The number of nitrogens with one attached hydrogen (secondary N) is 1. The molecule has 1 amide bonds. The van der Waals surface area contributed by atoms with E-state index in [9.17, 15) is 4.79 Å². The molecule has 0 aromatic heterocycles. The van der Waals surface area contributed by atoms with Crippen molar-refractivity contribution in [1.82, 2.24) is 0 Å². The fourth-order valence-corrected chi connectivity index (χ4v) is 3.04. The molecular weight excluding hydrogens is 346 g/mol. The summed E-state index contributed by atoms with van der Waals surface area (Å²) >= 11 is 0. The molecule has 0 unspecified atom stereocenters. The normalized spacial score (nSPS) is 11.0. The molecule has 1 N–H and O–H groups in total. The van der Waals surface area contributed by atoms with E-state index in [0.717, 1.165) is 29.9 Å². The highest BCUT2D eigenvalue weighted by Gasteiger charge is 2.02. The third-order valence-electron chi connectivity index (χ3n) is 4.70. The van der Waals surface area contributed by atoms with Crippen LogP contribution in [0.2, 0.25) is 0 Å². The first-order chi connectivity index (χ1) is 13.8. The number of hydrogen-bond acceptors (Lipinski definition) is 3. The van der Waals surface area contributed by atoms with Crippen LogP contribution in [0.5, 0.6) is 0 Å². The Balaban J connectivity index is 1.60. The molecule has 0 aliphatic carbocycles. The molecule has 0 aliphatic heterocycles. The zero-order chi connectivity index (χ0) is 19.9. The van der Waals surface area contributed by atoms with E-state index >= 15 is 0 Å². The molecule has 2 aromatic carbocycles. The van der Waals surface area contributed by atoms with Gasteiger partial charge >= 0.3 is 0 Å². The summed E-state index contributed by atoms with van der Waals surface area (Å²) in [5.41, 5.74) is 2.39. The van der Waals surface area contributed by atoms with Crippen LogP contribution in [-0.2, 0) is 4.79 Å². The SMILES string of the molecule is CCCCCCCCCCCC(=O)Nc1ccc(N=Nc2ccccc2)cc1. The maximum atomic E-state index is 12.1. The number of rotatable bonds is 13. The van der Waals surface area contributed by atoms with Crippen LogP contribution < -0.4 is 5.32 Å². The minimum absolute atomic E-state index is 0.0848. The van der Waals surface area contributed by atoms with Gasteiger partial charge in [0.1, 0.15) is 0 Å². The first-order valence-corrected chi connectivity index (χ1v) is 10.6. The van der Waals surface area contributed by atoms with Gasteiger partial charge in [0, 0.05) is 12.1 Å². The molecule has 2 rings (SSSR count). The summed E-state index contributed by atoms with van der Waals surface area (Å²) in [5.74, 6) is 0.0848. The van der Waals surface area contributed by atoms with Gasteiger partial charge in [0.2, 0.25) is 5.91 Å². The van der Waals surface area contributed by atoms with Crippen molar-refractivity contribution >= 4 is 23.0 Å². The third kappa shape index (κ3) is 9.45. The highest BCUT2D eigenvalue weighted by molar-refractivity contribution is 5.90. The van der Waals surface area contributed by atoms with Crippen LogP contribution in [0.3, 0.4) is 0 Å². The summed E-state index contributed by atoms with van der Waals surface area (Å²) in [4.78, 5) is 12.1. The van der Waals surface area contributed by atoms with E-state index in [2.05, 4.69) is 22.5 Å². The highest BCUT2D eigenvalue weighted by atomic mass is 16.1. The van der Waals surface area contributed by atoms with E-state index < -0.39 is 0 Å². The lowest BCUT2D eigenvalue weighted by molar-refractivity contribution is -0.116. The van der Waals surface area contributed by atoms with Gasteiger partial charge in [-0.25, -0.2) is 0 Å². The van der Waals surface area contributed by atoms with Crippen molar-refractivity contribution in [1.29, 1.82) is 0 Å². The number of azo groups is 1. The largest absolute Gasteiger partial charge is 0.326 e. The van der Waals surface area contributed by atoms with Gasteiger partial charge in [0.05, 0.1) is 11.4 Å². The van der Waals surface area contributed by atoms with Crippen molar-refractivity contribution in [2.75, 3.05) is 5.32 Å².